The van der Waals surface area contributed by atoms with Crippen molar-refractivity contribution in [2.75, 3.05) is 45.9 Å². The van der Waals surface area contributed by atoms with Crippen molar-refractivity contribution in [2.45, 2.75) is 19.9 Å². The lowest BCUT2D eigenvalue weighted by Gasteiger charge is -2.40. The molecule has 4 rings (SSSR count). The molecule has 2 aromatic rings. The summed E-state index contributed by atoms with van der Waals surface area (Å²) in [6.45, 7) is 6.56. The highest BCUT2D eigenvalue weighted by atomic mass is 35.5. The Morgan fingerprint density at radius 1 is 1.03 bits per heavy atom. The Morgan fingerprint density at radius 2 is 1.68 bits per heavy atom. The molecule has 0 bridgehead atoms. The minimum Gasteiger partial charge on any atom is -0.463 e. The van der Waals surface area contributed by atoms with Crippen molar-refractivity contribution in [1.82, 2.24) is 20.0 Å². The van der Waals surface area contributed by atoms with Crippen molar-refractivity contribution in [3.05, 3.63) is 81.8 Å². The summed E-state index contributed by atoms with van der Waals surface area (Å²) in [6.07, 6.45) is 0. The maximum atomic E-state index is 13.2. The first-order valence-corrected chi connectivity index (χ1v) is 12.7. The number of likely N-dealkylation sites (N-methyl/N-ethyl adjacent to an activating group) is 1. The molecule has 196 valence electrons. The number of rotatable bonds is 7. The predicted octanol–water partition coefficient (Wildman–Crippen LogP) is 3.84. The highest BCUT2D eigenvalue weighted by molar-refractivity contribution is 6.30. The third-order valence-electron chi connectivity index (χ3n) is 6.58. The number of hydrogen-bond donors (Lipinski definition) is 1. The smallest absolute Gasteiger partial charge is 0.338 e. The monoisotopic (exact) mass is 528 g/mol. The van der Waals surface area contributed by atoms with Crippen LogP contribution in [0.4, 0.5) is 9.18 Å². The maximum Gasteiger partial charge on any atom is 0.338 e. The molecule has 10 heteroatoms. The van der Waals surface area contributed by atoms with Gasteiger partial charge in [-0.05, 0) is 55.8 Å². The normalized spacial score (nSPS) is 18.6. The minimum atomic E-state index is -0.678. The van der Waals surface area contributed by atoms with Crippen molar-refractivity contribution in [3.63, 3.8) is 0 Å². The number of carbonyl (C=O) groups is 3. The quantitative estimate of drug-likeness (QED) is 0.552. The molecule has 0 aromatic heterocycles. The van der Waals surface area contributed by atoms with E-state index in [1.165, 1.54) is 24.3 Å². The Hall–Kier alpha value is -3.43. The molecule has 37 heavy (non-hydrogen) atoms. The van der Waals surface area contributed by atoms with E-state index in [4.69, 9.17) is 16.3 Å². The van der Waals surface area contributed by atoms with E-state index in [-0.39, 0.29) is 24.4 Å². The van der Waals surface area contributed by atoms with E-state index < -0.39 is 12.0 Å². The lowest BCUT2D eigenvalue weighted by atomic mass is 9.94. The summed E-state index contributed by atoms with van der Waals surface area (Å²) in [7, 11) is 0. The molecule has 1 saturated heterocycles. The van der Waals surface area contributed by atoms with Crippen LogP contribution in [0.15, 0.2) is 59.8 Å². The summed E-state index contributed by atoms with van der Waals surface area (Å²) in [5.41, 5.74) is 2.14. The number of urea groups is 1. The fourth-order valence-electron chi connectivity index (χ4n) is 4.66. The third-order valence-corrected chi connectivity index (χ3v) is 6.83. The summed E-state index contributed by atoms with van der Waals surface area (Å²) in [6, 6.07) is 11.5. The highest BCUT2D eigenvalue weighted by Crippen LogP contribution is 2.32. The summed E-state index contributed by atoms with van der Waals surface area (Å²) < 4.78 is 18.6. The summed E-state index contributed by atoms with van der Waals surface area (Å²) in [4.78, 5) is 44.5. The van der Waals surface area contributed by atoms with Gasteiger partial charge in [-0.1, -0.05) is 23.7 Å². The molecule has 0 aliphatic carbocycles. The molecule has 1 fully saturated rings. The third kappa shape index (κ3) is 5.94. The first-order chi connectivity index (χ1) is 17.8. The highest BCUT2D eigenvalue weighted by Gasteiger charge is 2.38. The van der Waals surface area contributed by atoms with Crippen molar-refractivity contribution < 1.29 is 23.5 Å². The van der Waals surface area contributed by atoms with Crippen LogP contribution in [0.1, 0.15) is 35.8 Å². The van der Waals surface area contributed by atoms with Crippen LogP contribution in [0.25, 0.3) is 0 Å². The Balaban J connectivity index is 1.58. The van der Waals surface area contributed by atoms with Crippen LogP contribution in [-0.2, 0) is 9.53 Å². The zero-order valence-corrected chi connectivity index (χ0v) is 21.6. The first kappa shape index (κ1) is 26.6. The van der Waals surface area contributed by atoms with Gasteiger partial charge in [0, 0.05) is 55.6 Å². The zero-order valence-electron chi connectivity index (χ0n) is 20.9. The Morgan fingerprint density at radius 3 is 2.27 bits per heavy atom. The van der Waals surface area contributed by atoms with Gasteiger partial charge in [-0.25, -0.2) is 14.0 Å². The molecule has 0 saturated carbocycles. The van der Waals surface area contributed by atoms with Gasteiger partial charge in [0.15, 0.2) is 0 Å². The number of esters is 1. The average Bonchev–Trinajstić information content (AvgIpc) is 2.89. The van der Waals surface area contributed by atoms with E-state index in [0.29, 0.717) is 61.1 Å². The largest absolute Gasteiger partial charge is 0.463 e. The Labute approximate surface area is 220 Å². The molecule has 8 nitrogen and oxygen atoms in total. The SMILES string of the molecule is CCOC(=O)C1=C(CN2CCN(C(=O)c3ccc(F)cc3)CC2)N(CC)C(=O)N[C@@H]1c1ccc(Cl)cc1. The van der Waals surface area contributed by atoms with Crippen LogP contribution >= 0.6 is 11.6 Å². The van der Waals surface area contributed by atoms with Crippen LogP contribution in [-0.4, -0.2) is 78.5 Å². The molecule has 1 N–H and O–H groups in total. The van der Waals surface area contributed by atoms with Gasteiger partial charge in [0.25, 0.3) is 5.91 Å². The van der Waals surface area contributed by atoms with Crippen molar-refractivity contribution in [3.8, 4) is 0 Å². The van der Waals surface area contributed by atoms with Crippen molar-refractivity contribution in [2.24, 2.45) is 0 Å². The zero-order chi connectivity index (χ0) is 26.5. The van der Waals surface area contributed by atoms with E-state index in [1.54, 1.807) is 41.0 Å². The van der Waals surface area contributed by atoms with Gasteiger partial charge in [-0.2, -0.15) is 0 Å². The molecular weight excluding hydrogens is 499 g/mol. The van der Waals surface area contributed by atoms with E-state index in [9.17, 15) is 18.8 Å². The number of hydrogen-bond acceptors (Lipinski definition) is 5. The van der Waals surface area contributed by atoms with Crippen LogP contribution < -0.4 is 5.32 Å². The molecule has 2 aliphatic rings. The van der Waals surface area contributed by atoms with Gasteiger partial charge in [-0.3, -0.25) is 14.6 Å². The molecule has 0 radical (unpaired) electrons. The van der Waals surface area contributed by atoms with Crippen LogP contribution in [0.3, 0.4) is 0 Å². The van der Waals surface area contributed by atoms with E-state index >= 15 is 0 Å². The standard InChI is InChI=1S/C27H30ClFN4O4/c1-3-33-22(17-31-13-15-32(16-14-31)25(34)19-7-11-21(29)12-8-19)23(26(35)37-4-2)24(30-27(33)36)18-5-9-20(28)10-6-18/h5-12,24H,3-4,13-17H2,1-2H3,(H,30,36)/t24-/m1/s1. The number of amides is 3. The lowest BCUT2D eigenvalue weighted by molar-refractivity contribution is -0.139. The topological polar surface area (TPSA) is 82.2 Å². The number of ether oxygens (including phenoxy) is 1. The van der Waals surface area contributed by atoms with Crippen LogP contribution in [0.2, 0.25) is 5.02 Å². The Kier molecular flexibility index (Phi) is 8.45. The van der Waals surface area contributed by atoms with Gasteiger partial charge in [0.1, 0.15) is 5.82 Å². The summed E-state index contributed by atoms with van der Waals surface area (Å²) in [5, 5.41) is 3.49. The maximum absolute atomic E-state index is 13.2. The van der Waals surface area contributed by atoms with Gasteiger partial charge >= 0.3 is 12.0 Å². The van der Waals surface area contributed by atoms with Gasteiger partial charge in [0.05, 0.1) is 18.2 Å². The number of benzene rings is 2. The molecule has 2 heterocycles. The second kappa shape index (κ2) is 11.7. The molecule has 3 amide bonds. The number of carbonyl (C=O) groups excluding carboxylic acids is 3. The number of halogens is 2. The molecule has 1 atom stereocenters. The van der Waals surface area contributed by atoms with Gasteiger partial charge in [-0.15, -0.1) is 0 Å². The number of nitrogens with zero attached hydrogens (tertiary/aromatic N) is 3. The summed E-state index contributed by atoms with van der Waals surface area (Å²) >= 11 is 6.06. The number of piperazine rings is 1. The molecule has 0 unspecified atom stereocenters. The van der Waals surface area contributed by atoms with E-state index in [0.717, 1.165) is 5.56 Å². The van der Waals surface area contributed by atoms with Crippen LogP contribution in [0.5, 0.6) is 0 Å². The van der Waals surface area contributed by atoms with Gasteiger partial charge < -0.3 is 15.0 Å². The van der Waals surface area contributed by atoms with Gasteiger partial charge in [0.2, 0.25) is 0 Å². The van der Waals surface area contributed by atoms with E-state index in [1.807, 2.05) is 6.92 Å². The second-order valence-corrected chi connectivity index (χ2v) is 9.27. The summed E-state index contributed by atoms with van der Waals surface area (Å²) in [5.74, 6) is -1.02. The fraction of sp³-hybridized carbons (Fsp3) is 0.370. The minimum absolute atomic E-state index is 0.152. The molecule has 2 aliphatic heterocycles. The Bertz CT molecular complexity index is 1180. The van der Waals surface area contributed by atoms with E-state index in [2.05, 4.69) is 10.2 Å². The average molecular weight is 529 g/mol. The second-order valence-electron chi connectivity index (χ2n) is 8.83. The van der Waals surface area contributed by atoms with Crippen LogP contribution in [0, 0.1) is 5.82 Å². The first-order valence-electron chi connectivity index (χ1n) is 12.3. The molecular formula is C27H30ClFN4O4. The number of nitrogens with one attached hydrogen (secondary N) is 1. The van der Waals surface area contributed by atoms with Crippen molar-refractivity contribution in [1.29, 1.82) is 0 Å². The molecule has 0 spiro atoms. The fourth-order valence-corrected chi connectivity index (χ4v) is 4.78. The molecule has 2 aromatic carbocycles. The lowest BCUT2D eigenvalue weighted by Crippen LogP contribution is -2.53. The van der Waals surface area contributed by atoms with Crippen molar-refractivity contribution >= 4 is 29.5 Å². The predicted molar refractivity (Wildman–Crippen MR) is 138 cm³/mol.